The molecule has 144 valence electrons. The largest absolute Gasteiger partial charge is 0.380 e. The monoisotopic (exact) mass is 366 g/mol. The number of hydrogen-bond acceptors (Lipinski definition) is 4. The van der Waals surface area contributed by atoms with E-state index in [-0.39, 0.29) is 11.5 Å². The van der Waals surface area contributed by atoms with Crippen LogP contribution in [-0.4, -0.2) is 29.8 Å². The van der Waals surface area contributed by atoms with Crippen molar-refractivity contribution in [2.75, 3.05) is 19.7 Å². The molecule has 1 aromatic carbocycles. The van der Waals surface area contributed by atoms with Crippen LogP contribution in [0.1, 0.15) is 67.9 Å². The Morgan fingerprint density at radius 3 is 2.48 bits per heavy atom. The van der Waals surface area contributed by atoms with Gasteiger partial charge in [0.05, 0.1) is 6.10 Å². The Morgan fingerprint density at radius 1 is 1.19 bits per heavy atom. The molecule has 0 aliphatic carbocycles. The summed E-state index contributed by atoms with van der Waals surface area (Å²) in [5.41, 5.74) is 2.78. The van der Waals surface area contributed by atoms with E-state index in [1.807, 2.05) is 12.4 Å². The van der Waals surface area contributed by atoms with Crippen LogP contribution in [0.4, 0.5) is 0 Å². The number of nitrogens with zero attached hydrogens (tertiary/aromatic N) is 1. The molecule has 1 aromatic heterocycles. The van der Waals surface area contributed by atoms with Gasteiger partial charge in [0.25, 0.3) is 0 Å². The maximum absolute atomic E-state index is 12.1. The number of aromatic nitrogens is 1. The fraction of sp³-hybridized carbons (Fsp3) is 0.522. The SMILES string of the molecule is CC(C)c1ccc(C(O)(c2cncc(C3CCCO3)c2)C2(C)CNC2)cc1. The third-order valence-corrected chi connectivity index (χ3v) is 6.38. The molecule has 3 heterocycles. The Kier molecular flexibility index (Phi) is 4.83. The molecule has 4 rings (SSSR count). The summed E-state index contributed by atoms with van der Waals surface area (Å²) in [6.07, 6.45) is 5.89. The summed E-state index contributed by atoms with van der Waals surface area (Å²) in [5, 5.41) is 15.5. The average Bonchev–Trinajstić information content (AvgIpc) is 3.20. The van der Waals surface area contributed by atoms with Crippen LogP contribution in [0.15, 0.2) is 42.7 Å². The number of ether oxygens (including phenoxy) is 1. The molecule has 2 saturated heterocycles. The Bertz CT molecular complexity index is 792. The maximum Gasteiger partial charge on any atom is 0.124 e. The van der Waals surface area contributed by atoms with Gasteiger partial charge in [-0.2, -0.15) is 0 Å². The summed E-state index contributed by atoms with van der Waals surface area (Å²) in [6, 6.07) is 10.5. The number of aliphatic hydroxyl groups is 1. The van der Waals surface area contributed by atoms with Gasteiger partial charge in [-0.1, -0.05) is 45.0 Å². The van der Waals surface area contributed by atoms with E-state index >= 15 is 0 Å². The van der Waals surface area contributed by atoms with E-state index in [2.05, 4.69) is 61.4 Å². The molecule has 2 unspecified atom stereocenters. The molecular formula is C23H30N2O2. The zero-order chi connectivity index (χ0) is 19.1. The van der Waals surface area contributed by atoms with E-state index in [0.29, 0.717) is 5.92 Å². The van der Waals surface area contributed by atoms with E-state index < -0.39 is 5.60 Å². The molecule has 0 radical (unpaired) electrons. The van der Waals surface area contributed by atoms with Gasteiger partial charge in [0.1, 0.15) is 5.60 Å². The lowest BCUT2D eigenvalue weighted by Crippen LogP contribution is -2.63. The first-order valence-electron chi connectivity index (χ1n) is 10.0. The number of benzene rings is 1. The summed E-state index contributed by atoms with van der Waals surface area (Å²) in [7, 11) is 0. The second-order valence-electron chi connectivity index (χ2n) is 8.66. The normalized spacial score (nSPS) is 23.8. The molecule has 2 aliphatic rings. The Balaban J connectivity index is 1.78. The lowest BCUT2D eigenvalue weighted by molar-refractivity contribution is -0.0770. The summed E-state index contributed by atoms with van der Waals surface area (Å²) in [4.78, 5) is 4.48. The van der Waals surface area contributed by atoms with Crippen LogP contribution >= 0.6 is 0 Å². The molecule has 2 atom stereocenters. The van der Waals surface area contributed by atoms with E-state index in [4.69, 9.17) is 4.74 Å². The van der Waals surface area contributed by atoms with Gasteiger partial charge < -0.3 is 15.2 Å². The number of pyridine rings is 1. The molecule has 4 heteroatoms. The fourth-order valence-electron chi connectivity index (χ4n) is 4.40. The maximum atomic E-state index is 12.1. The highest BCUT2D eigenvalue weighted by molar-refractivity contribution is 5.42. The minimum absolute atomic E-state index is 0.0948. The predicted octanol–water partition coefficient (Wildman–Crippen LogP) is 3.90. The van der Waals surface area contributed by atoms with Crippen LogP contribution in [0.2, 0.25) is 0 Å². The lowest BCUT2D eigenvalue weighted by atomic mass is 9.62. The van der Waals surface area contributed by atoms with E-state index in [9.17, 15) is 5.11 Å². The molecule has 0 bridgehead atoms. The summed E-state index contributed by atoms with van der Waals surface area (Å²) in [5.74, 6) is 0.470. The minimum atomic E-state index is -1.09. The highest BCUT2D eigenvalue weighted by Gasteiger charge is 2.53. The van der Waals surface area contributed by atoms with Crippen molar-refractivity contribution in [3.63, 3.8) is 0 Å². The van der Waals surface area contributed by atoms with Gasteiger partial charge in [0.2, 0.25) is 0 Å². The van der Waals surface area contributed by atoms with Crippen LogP contribution in [-0.2, 0) is 10.3 Å². The summed E-state index contributed by atoms with van der Waals surface area (Å²) in [6.45, 7) is 8.88. The number of nitrogens with one attached hydrogen (secondary N) is 1. The van der Waals surface area contributed by atoms with Crippen molar-refractivity contribution in [2.24, 2.45) is 5.41 Å². The van der Waals surface area contributed by atoms with Gasteiger partial charge in [0, 0.05) is 43.1 Å². The standard InChI is InChI=1S/C23H30N2O2/c1-16(2)17-6-8-19(9-7-17)23(26,22(3)14-25-15-22)20-11-18(12-24-13-20)21-5-4-10-27-21/h6-9,11-13,16,21,25-26H,4-5,10,14-15H2,1-3H3. The highest BCUT2D eigenvalue weighted by atomic mass is 16.5. The smallest absolute Gasteiger partial charge is 0.124 e. The van der Waals surface area contributed by atoms with Crippen molar-refractivity contribution in [3.8, 4) is 0 Å². The zero-order valence-electron chi connectivity index (χ0n) is 16.5. The molecular weight excluding hydrogens is 336 g/mol. The van der Waals surface area contributed by atoms with Gasteiger partial charge >= 0.3 is 0 Å². The van der Waals surface area contributed by atoms with Crippen molar-refractivity contribution >= 4 is 0 Å². The van der Waals surface area contributed by atoms with Gasteiger partial charge in [-0.05, 0) is 41.5 Å². The topological polar surface area (TPSA) is 54.4 Å². The lowest BCUT2D eigenvalue weighted by Gasteiger charge is -2.52. The molecule has 2 aromatic rings. The van der Waals surface area contributed by atoms with Gasteiger partial charge in [-0.25, -0.2) is 0 Å². The van der Waals surface area contributed by atoms with Crippen molar-refractivity contribution < 1.29 is 9.84 Å². The highest BCUT2D eigenvalue weighted by Crippen LogP contribution is 2.48. The second kappa shape index (κ2) is 7.01. The van der Waals surface area contributed by atoms with Gasteiger partial charge in [0.15, 0.2) is 0 Å². The summed E-state index contributed by atoms with van der Waals surface area (Å²) >= 11 is 0. The quantitative estimate of drug-likeness (QED) is 0.843. The van der Waals surface area contributed by atoms with Crippen molar-refractivity contribution in [1.29, 1.82) is 0 Å². The third kappa shape index (κ3) is 3.10. The average molecular weight is 367 g/mol. The fourth-order valence-corrected chi connectivity index (χ4v) is 4.40. The molecule has 0 spiro atoms. The van der Waals surface area contributed by atoms with E-state index in [1.165, 1.54) is 5.56 Å². The molecule has 27 heavy (non-hydrogen) atoms. The third-order valence-electron chi connectivity index (χ3n) is 6.38. The van der Waals surface area contributed by atoms with Crippen LogP contribution < -0.4 is 5.32 Å². The van der Waals surface area contributed by atoms with Crippen LogP contribution in [0.5, 0.6) is 0 Å². The predicted molar refractivity (Wildman–Crippen MR) is 107 cm³/mol. The summed E-state index contributed by atoms with van der Waals surface area (Å²) < 4.78 is 5.85. The van der Waals surface area contributed by atoms with Crippen LogP contribution in [0.25, 0.3) is 0 Å². The van der Waals surface area contributed by atoms with E-state index in [0.717, 1.165) is 49.2 Å². The number of rotatable bonds is 5. The first kappa shape index (κ1) is 18.6. The van der Waals surface area contributed by atoms with Crippen molar-refractivity contribution in [3.05, 3.63) is 65.0 Å². The Morgan fingerprint density at radius 2 is 1.93 bits per heavy atom. The van der Waals surface area contributed by atoms with E-state index in [1.54, 1.807) is 0 Å². The Labute approximate surface area is 162 Å². The second-order valence-corrected chi connectivity index (χ2v) is 8.66. The molecule has 2 aliphatic heterocycles. The minimum Gasteiger partial charge on any atom is -0.380 e. The molecule has 2 N–H and O–H groups in total. The molecule has 0 amide bonds. The van der Waals surface area contributed by atoms with Crippen molar-refractivity contribution in [2.45, 2.75) is 51.2 Å². The van der Waals surface area contributed by atoms with Crippen LogP contribution in [0, 0.1) is 5.41 Å². The number of hydrogen-bond donors (Lipinski definition) is 2. The molecule has 0 saturated carbocycles. The zero-order valence-corrected chi connectivity index (χ0v) is 16.5. The van der Waals surface area contributed by atoms with Gasteiger partial charge in [-0.3, -0.25) is 4.98 Å². The molecule has 4 nitrogen and oxygen atoms in total. The molecule has 2 fully saturated rings. The van der Waals surface area contributed by atoms with Crippen molar-refractivity contribution in [1.82, 2.24) is 10.3 Å². The van der Waals surface area contributed by atoms with Gasteiger partial charge in [-0.15, -0.1) is 0 Å². The first-order chi connectivity index (χ1) is 12.9. The Hall–Kier alpha value is -1.75. The van der Waals surface area contributed by atoms with Crippen LogP contribution in [0.3, 0.4) is 0 Å². The first-order valence-corrected chi connectivity index (χ1v) is 10.0.